The fourth-order valence-electron chi connectivity index (χ4n) is 1.55. The number of benzene rings is 1. The predicted octanol–water partition coefficient (Wildman–Crippen LogP) is -0.0954. The van der Waals surface area contributed by atoms with Crippen LogP contribution >= 0.6 is 0 Å². The van der Waals surface area contributed by atoms with Gasteiger partial charge in [-0.25, -0.2) is 0 Å². The molecule has 0 saturated heterocycles. The second kappa shape index (κ2) is 5.46. The van der Waals surface area contributed by atoms with Crippen molar-refractivity contribution in [1.29, 1.82) is 0 Å². The highest BCUT2D eigenvalue weighted by atomic mass is 32.2. The molecule has 0 aliphatic carbocycles. The molecule has 0 atom stereocenters. The Balaban J connectivity index is 4.43. The average Bonchev–Trinajstić information content (AvgIpc) is 2.33. The Morgan fingerprint density at radius 1 is 0.739 bits per heavy atom. The standard InChI is InChI=1S/C6H3N3O12S2/c10-7(11)2-1-3(8(12)13)6(23(19,20)21)4(9(14)15)5(2)22(16,17)18/h1H,(H,16,17,18)(H,19,20,21). The summed E-state index contributed by atoms with van der Waals surface area (Å²) in [6.45, 7) is 0. The number of nitro benzene ring substituents is 3. The molecule has 1 rings (SSSR count). The molecule has 1 aromatic rings. The van der Waals surface area contributed by atoms with E-state index >= 15 is 0 Å². The molecule has 126 valence electrons. The van der Waals surface area contributed by atoms with Crippen LogP contribution in [0.25, 0.3) is 0 Å². The Bertz CT molecular complexity index is 877. The maximum atomic E-state index is 11.1. The van der Waals surface area contributed by atoms with Crippen molar-refractivity contribution in [1.82, 2.24) is 0 Å². The summed E-state index contributed by atoms with van der Waals surface area (Å²) in [7, 11) is -11.5. The van der Waals surface area contributed by atoms with Crippen molar-refractivity contribution >= 4 is 37.3 Å². The van der Waals surface area contributed by atoms with Gasteiger partial charge in [-0.2, -0.15) is 16.8 Å². The van der Waals surface area contributed by atoms with Gasteiger partial charge in [-0.1, -0.05) is 0 Å². The van der Waals surface area contributed by atoms with Crippen molar-refractivity contribution in [2.75, 3.05) is 0 Å². The molecule has 0 unspecified atom stereocenters. The van der Waals surface area contributed by atoms with Gasteiger partial charge in [0, 0.05) is 0 Å². The van der Waals surface area contributed by atoms with Gasteiger partial charge >= 0.3 is 37.3 Å². The molecule has 15 nitrogen and oxygen atoms in total. The number of nitrogens with zero attached hydrogens (tertiary/aromatic N) is 3. The first-order valence-corrected chi connectivity index (χ1v) is 7.66. The van der Waals surface area contributed by atoms with E-state index in [1.807, 2.05) is 0 Å². The average molecular weight is 373 g/mol. The minimum absolute atomic E-state index is 0.251. The third-order valence-electron chi connectivity index (χ3n) is 2.26. The van der Waals surface area contributed by atoms with Crippen LogP contribution in [0.1, 0.15) is 0 Å². The van der Waals surface area contributed by atoms with E-state index in [2.05, 4.69) is 0 Å². The number of rotatable bonds is 5. The molecule has 17 heteroatoms. The fourth-order valence-corrected chi connectivity index (χ4v) is 3.25. The monoisotopic (exact) mass is 373 g/mol. The van der Waals surface area contributed by atoms with Gasteiger partial charge < -0.3 is 0 Å². The first kappa shape index (κ1) is 18.3. The summed E-state index contributed by atoms with van der Waals surface area (Å²) >= 11 is 0. The van der Waals surface area contributed by atoms with E-state index in [1.165, 1.54) is 0 Å². The van der Waals surface area contributed by atoms with Crippen LogP contribution in [0.5, 0.6) is 0 Å². The van der Waals surface area contributed by atoms with Crippen LogP contribution in [-0.2, 0) is 20.2 Å². The van der Waals surface area contributed by atoms with Crippen LogP contribution in [0.3, 0.4) is 0 Å². The zero-order valence-electron chi connectivity index (χ0n) is 10.2. The van der Waals surface area contributed by atoms with Crippen LogP contribution in [-0.4, -0.2) is 40.7 Å². The summed E-state index contributed by atoms with van der Waals surface area (Å²) in [6.07, 6.45) is 0. The van der Waals surface area contributed by atoms with E-state index in [4.69, 9.17) is 9.11 Å². The summed E-state index contributed by atoms with van der Waals surface area (Å²) in [5.74, 6) is 0. The third-order valence-corrected chi connectivity index (χ3v) is 4.10. The highest BCUT2D eigenvalue weighted by Crippen LogP contribution is 2.43. The normalized spacial score (nSPS) is 11.9. The molecule has 23 heavy (non-hydrogen) atoms. The predicted molar refractivity (Wildman–Crippen MR) is 66.0 cm³/mol. The molecule has 0 spiro atoms. The van der Waals surface area contributed by atoms with Crippen molar-refractivity contribution in [3.63, 3.8) is 0 Å². The summed E-state index contributed by atoms with van der Waals surface area (Å²) in [4.78, 5) is 23.1. The number of hydrogen-bond donors (Lipinski definition) is 2. The second-order valence-electron chi connectivity index (χ2n) is 3.64. The van der Waals surface area contributed by atoms with Gasteiger partial charge in [-0.3, -0.25) is 39.4 Å². The van der Waals surface area contributed by atoms with Crippen LogP contribution in [0.2, 0.25) is 0 Å². The molecular formula is C6H3N3O12S2. The van der Waals surface area contributed by atoms with Crippen molar-refractivity contribution in [2.24, 2.45) is 0 Å². The molecule has 0 aliphatic heterocycles. The van der Waals surface area contributed by atoms with Gasteiger partial charge in [-0.05, 0) is 0 Å². The topological polar surface area (TPSA) is 238 Å². The van der Waals surface area contributed by atoms with Crippen molar-refractivity contribution in [3.05, 3.63) is 36.4 Å². The SMILES string of the molecule is O=[N+]([O-])c1cc([N+](=O)[O-])c(S(=O)(=O)O)c([N+](=O)[O-])c1S(=O)(=O)O. The lowest BCUT2D eigenvalue weighted by atomic mass is 10.2. The Morgan fingerprint density at radius 3 is 1.22 bits per heavy atom. The largest absolute Gasteiger partial charge is 0.325 e. The Labute approximate surface area is 125 Å². The number of nitro groups is 3. The Morgan fingerprint density at radius 2 is 1.04 bits per heavy atom. The molecule has 1 aromatic carbocycles. The second-order valence-corrected chi connectivity index (χ2v) is 6.36. The lowest BCUT2D eigenvalue weighted by Gasteiger charge is -2.06. The Kier molecular flexibility index (Phi) is 4.34. The van der Waals surface area contributed by atoms with Gasteiger partial charge in [0.15, 0.2) is 0 Å². The molecule has 0 aromatic heterocycles. The van der Waals surface area contributed by atoms with Gasteiger partial charge in [0.2, 0.25) is 0 Å². The maximum Gasteiger partial charge on any atom is 0.325 e. The molecule has 0 amide bonds. The van der Waals surface area contributed by atoms with Crippen LogP contribution in [0.15, 0.2) is 15.9 Å². The molecule has 0 fully saturated rings. The smallest absolute Gasteiger partial charge is 0.281 e. The third kappa shape index (κ3) is 3.36. The minimum atomic E-state index is -5.76. The van der Waals surface area contributed by atoms with Crippen LogP contribution in [0, 0.1) is 30.3 Å². The highest BCUT2D eigenvalue weighted by Gasteiger charge is 2.46. The Hall–Kier alpha value is -2.76. The van der Waals surface area contributed by atoms with E-state index in [9.17, 15) is 47.2 Å². The zero-order valence-corrected chi connectivity index (χ0v) is 11.8. The van der Waals surface area contributed by atoms with Gasteiger partial charge in [0.25, 0.3) is 9.79 Å². The molecule has 2 N–H and O–H groups in total. The molecular weight excluding hydrogens is 370 g/mol. The molecule has 0 bridgehead atoms. The maximum absolute atomic E-state index is 11.1. The van der Waals surface area contributed by atoms with E-state index in [1.54, 1.807) is 0 Å². The van der Waals surface area contributed by atoms with Crippen molar-refractivity contribution in [3.8, 4) is 0 Å². The lowest BCUT2D eigenvalue weighted by Crippen LogP contribution is -2.14. The molecule has 0 saturated carbocycles. The summed E-state index contributed by atoms with van der Waals surface area (Å²) in [5, 5.41) is 32.4. The highest BCUT2D eigenvalue weighted by molar-refractivity contribution is 7.87. The van der Waals surface area contributed by atoms with E-state index < -0.39 is 61.9 Å². The minimum Gasteiger partial charge on any atom is -0.281 e. The van der Waals surface area contributed by atoms with E-state index in [-0.39, 0.29) is 6.07 Å². The first-order chi connectivity index (χ1) is 10.2. The fraction of sp³-hybridized carbons (Fsp3) is 0. The zero-order chi connectivity index (χ0) is 18.3. The van der Waals surface area contributed by atoms with E-state index in [0.717, 1.165) is 0 Å². The van der Waals surface area contributed by atoms with Gasteiger partial charge in [0.05, 0.1) is 20.8 Å². The number of hydrogen-bond acceptors (Lipinski definition) is 10. The summed E-state index contributed by atoms with van der Waals surface area (Å²) in [6, 6.07) is -0.251. The van der Waals surface area contributed by atoms with Crippen molar-refractivity contribution in [2.45, 2.75) is 9.79 Å². The molecule has 0 aliphatic rings. The molecule has 0 heterocycles. The lowest BCUT2D eigenvalue weighted by molar-refractivity contribution is -0.411. The van der Waals surface area contributed by atoms with Crippen LogP contribution in [0.4, 0.5) is 17.1 Å². The molecule has 0 radical (unpaired) electrons. The van der Waals surface area contributed by atoms with Crippen LogP contribution < -0.4 is 0 Å². The van der Waals surface area contributed by atoms with Crippen molar-refractivity contribution < 1.29 is 40.7 Å². The first-order valence-electron chi connectivity index (χ1n) is 4.78. The summed E-state index contributed by atoms with van der Waals surface area (Å²) in [5.41, 5.74) is -5.87. The van der Waals surface area contributed by atoms with E-state index in [0.29, 0.717) is 0 Å². The van der Waals surface area contributed by atoms with Gasteiger partial charge in [-0.15, -0.1) is 0 Å². The quantitative estimate of drug-likeness (QED) is 0.390. The summed E-state index contributed by atoms with van der Waals surface area (Å²) < 4.78 is 62.3. The van der Waals surface area contributed by atoms with Gasteiger partial charge in [0.1, 0.15) is 0 Å².